The summed E-state index contributed by atoms with van der Waals surface area (Å²) in [4.78, 5) is 24.8. The Labute approximate surface area is 182 Å². The normalized spacial score (nSPS) is 15.2. The minimum atomic E-state index is -1.49. The summed E-state index contributed by atoms with van der Waals surface area (Å²) in [7, 11) is 3.51. The Hall–Kier alpha value is -3.63. The molecule has 4 rings (SSSR count). The first kappa shape index (κ1) is 21.6. The number of amides is 1. The van der Waals surface area contributed by atoms with Crippen molar-refractivity contribution in [2.24, 2.45) is 0 Å². The Morgan fingerprint density at radius 2 is 1.75 bits per heavy atom. The standard InChI is InChI=1S/C21H22F3N7O/c1-21(2)19(32)29(3)16-9-26-20(28-18(16)30(21)4)25-7-13-8-27-31(11-13)10-12-5-14(22)17(24)15(23)6-12/h5-6,8-9,11H,7,10H2,1-4H3,(H,25,26,28). The molecule has 0 spiro atoms. The van der Waals surface area contributed by atoms with E-state index in [-0.39, 0.29) is 18.0 Å². The lowest BCUT2D eigenvalue weighted by molar-refractivity contribution is -0.122. The van der Waals surface area contributed by atoms with Crippen LogP contribution in [0.1, 0.15) is 25.0 Å². The van der Waals surface area contributed by atoms with Gasteiger partial charge in [0.2, 0.25) is 5.95 Å². The van der Waals surface area contributed by atoms with Crippen molar-refractivity contribution in [2.45, 2.75) is 32.5 Å². The number of benzene rings is 1. The van der Waals surface area contributed by atoms with E-state index in [0.29, 0.717) is 24.0 Å². The number of hydrogen-bond donors (Lipinski definition) is 1. The van der Waals surface area contributed by atoms with Crippen LogP contribution < -0.4 is 15.1 Å². The monoisotopic (exact) mass is 445 g/mol. The Morgan fingerprint density at radius 1 is 1.06 bits per heavy atom. The van der Waals surface area contributed by atoms with Crippen LogP contribution >= 0.6 is 0 Å². The highest BCUT2D eigenvalue weighted by atomic mass is 19.2. The fourth-order valence-electron chi connectivity index (χ4n) is 3.51. The van der Waals surface area contributed by atoms with Gasteiger partial charge in [0.05, 0.1) is 18.9 Å². The summed E-state index contributed by atoms with van der Waals surface area (Å²) in [6.45, 7) is 4.10. The maximum absolute atomic E-state index is 13.4. The fraction of sp³-hybridized carbons (Fsp3) is 0.333. The van der Waals surface area contributed by atoms with E-state index in [1.54, 1.807) is 30.5 Å². The van der Waals surface area contributed by atoms with Crippen molar-refractivity contribution in [1.29, 1.82) is 0 Å². The van der Waals surface area contributed by atoms with Crippen LogP contribution in [-0.4, -0.2) is 45.3 Å². The molecule has 32 heavy (non-hydrogen) atoms. The van der Waals surface area contributed by atoms with Gasteiger partial charge in [0.15, 0.2) is 23.3 Å². The van der Waals surface area contributed by atoms with Crippen LogP contribution in [0.25, 0.3) is 0 Å². The van der Waals surface area contributed by atoms with E-state index in [0.717, 1.165) is 17.7 Å². The van der Waals surface area contributed by atoms with E-state index in [9.17, 15) is 18.0 Å². The van der Waals surface area contributed by atoms with Crippen LogP contribution in [0.2, 0.25) is 0 Å². The summed E-state index contributed by atoms with van der Waals surface area (Å²) in [5, 5.41) is 7.28. The van der Waals surface area contributed by atoms with Gasteiger partial charge in [-0.3, -0.25) is 9.48 Å². The molecule has 1 aliphatic rings. The van der Waals surface area contributed by atoms with Crippen molar-refractivity contribution >= 4 is 23.4 Å². The molecular formula is C21H22F3N7O. The van der Waals surface area contributed by atoms with E-state index in [4.69, 9.17) is 0 Å². The SMILES string of the molecule is CN1C(=O)C(C)(C)N(C)c2nc(NCc3cnn(Cc4cc(F)c(F)c(F)c4)c3)ncc21. The van der Waals surface area contributed by atoms with Gasteiger partial charge in [-0.25, -0.2) is 18.2 Å². The second-order valence-electron chi connectivity index (χ2n) is 8.16. The van der Waals surface area contributed by atoms with Crippen molar-refractivity contribution in [3.8, 4) is 0 Å². The van der Waals surface area contributed by atoms with E-state index in [1.165, 1.54) is 4.68 Å². The number of carbonyl (C=O) groups is 1. The van der Waals surface area contributed by atoms with Crippen LogP contribution in [0.3, 0.4) is 0 Å². The van der Waals surface area contributed by atoms with Gasteiger partial charge in [0, 0.05) is 32.4 Å². The molecule has 0 aliphatic carbocycles. The molecule has 1 amide bonds. The van der Waals surface area contributed by atoms with Crippen molar-refractivity contribution < 1.29 is 18.0 Å². The minimum Gasteiger partial charge on any atom is -0.350 e. The van der Waals surface area contributed by atoms with Crippen molar-refractivity contribution in [3.63, 3.8) is 0 Å². The number of aromatic nitrogens is 4. The van der Waals surface area contributed by atoms with Gasteiger partial charge < -0.3 is 15.1 Å². The van der Waals surface area contributed by atoms with Gasteiger partial charge in [0.25, 0.3) is 5.91 Å². The third-order valence-electron chi connectivity index (χ3n) is 5.62. The van der Waals surface area contributed by atoms with Gasteiger partial charge in [-0.05, 0) is 31.5 Å². The Morgan fingerprint density at radius 3 is 2.44 bits per heavy atom. The molecule has 0 atom stereocenters. The van der Waals surface area contributed by atoms with Crippen LogP contribution in [0.15, 0.2) is 30.7 Å². The van der Waals surface area contributed by atoms with E-state index in [1.807, 2.05) is 25.8 Å². The van der Waals surface area contributed by atoms with Gasteiger partial charge in [-0.1, -0.05) is 0 Å². The van der Waals surface area contributed by atoms with Gasteiger partial charge in [0.1, 0.15) is 11.2 Å². The number of halogens is 3. The van der Waals surface area contributed by atoms with Crippen LogP contribution in [0.4, 0.5) is 30.6 Å². The molecule has 1 aliphatic heterocycles. The number of rotatable bonds is 5. The number of likely N-dealkylation sites (N-methyl/N-ethyl adjacent to an activating group) is 2. The molecule has 168 valence electrons. The highest BCUT2D eigenvalue weighted by Crippen LogP contribution is 2.37. The maximum Gasteiger partial charge on any atom is 0.252 e. The number of nitrogens with zero attached hydrogens (tertiary/aromatic N) is 6. The molecule has 1 aromatic carbocycles. The molecule has 0 saturated heterocycles. The zero-order valence-corrected chi connectivity index (χ0v) is 18.0. The van der Waals surface area contributed by atoms with Gasteiger partial charge >= 0.3 is 0 Å². The molecule has 0 unspecified atom stereocenters. The quantitative estimate of drug-likeness (QED) is 0.609. The summed E-state index contributed by atoms with van der Waals surface area (Å²) >= 11 is 0. The van der Waals surface area contributed by atoms with Crippen LogP contribution in [0, 0.1) is 17.5 Å². The molecule has 2 aromatic heterocycles. The van der Waals surface area contributed by atoms with Gasteiger partial charge in [-0.15, -0.1) is 0 Å². The lowest BCUT2D eigenvalue weighted by atomic mass is 9.98. The molecule has 8 nitrogen and oxygen atoms in total. The zero-order chi connectivity index (χ0) is 23.2. The first-order valence-electron chi connectivity index (χ1n) is 9.85. The zero-order valence-electron chi connectivity index (χ0n) is 18.0. The molecule has 0 saturated carbocycles. The number of carbonyl (C=O) groups excluding carboxylic acids is 1. The average Bonchev–Trinajstić information content (AvgIpc) is 3.20. The minimum absolute atomic E-state index is 0.0508. The van der Waals surface area contributed by atoms with Crippen molar-refractivity contribution in [2.75, 3.05) is 29.2 Å². The van der Waals surface area contributed by atoms with E-state index in [2.05, 4.69) is 20.4 Å². The molecule has 0 fully saturated rings. The molecule has 3 heterocycles. The number of anilines is 3. The molecule has 11 heteroatoms. The van der Waals surface area contributed by atoms with Gasteiger partial charge in [-0.2, -0.15) is 10.1 Å². The number of hydrogen-bond acceptors (Lipinski definition) is 6. The summed E-state index contributed by atoms with van der Waals surface area (Å²) in [6, 6.07) is 1.89. The fourth-order valence-corrected chi connectivity index (χ4v) is 3.51. The number of fused-ring (bicyclic) bond motifs is 1. The Bertz CT molecular complexity index is 1170. The molecule has 0 bridgehead atoms. The predicted molar refractivity (Wildman–Crippen MR) is 113 cm³/mol. The Balaban J connectivity index is 1.46. The van der Waals surface area contributed by atoms with Crippen molar-refractivity contribution in [1.82, 2.24) is 19.7 Å². The van der Waals surface area contributed by atoms with Crippen molar-refractivity contribution in [3.05, 3.63) is 59.3 Å². The highest BCUT2D eigenvalue weighted by molar-refractivity contribution is 6.06. The van der Waals surface area contributed by atoms with Crippen LogP contribution in [-0.2, 0) is 17.9 Å². The van der Waals surface area contributed by atoms with Crippen LogP contribution in [0.5, 0.6) is 0 Å². The summed E-state index contributed by atoms with van der Waals surface area (Å²) < 4.78 is 41.4. The first-order chi connectivity index (χ1) is 15.1. The Kier molecular flexibility index (Phi) is 5.27. The second kappa shape index (κ2) is 7.81. The lowest BCUT2D eigenvalue weighted by Gasteiger charge is -2.43. The third-order valence-corrected chi connectivity index (χ3v) is 5.62. The summed E-state index contributed by atoms with van der Waals surface area (Å²) in [6.07, 6.45) is 4.89. The van der Waals surface area contributed by atoms with E-state index < -0.39 is 23.0 Å². The maximum atomic E-state index is 13.4. The molecular weight excluding hydrogens is 423 g/mol. The third kappa shape index (κ3) is 3.74. The summed E-state index contributed by atoms with van der Waals surface area (Å²) in [5.74, 6) is -3.01. The van der Waals surface area contributed by atoms with E-state index >= 15 is 0 Å². The average molecular weight is 445 g/mol. The topological polar surface area (TPSA) is 79.2 Å². The highest BCUT2D eigenvalue weighted by Gasteiger charge is 2.42. The first-order valence-corrected chi connectivity index (χ1v) is 9.85. The predicted octanol–water partition coefficient (Wildman–Crippen LogP) is 2.94. The smallest absolute Gasteiger partial charge is 0.252 e. The number of nitrogens with one attached hydrogen (secondary N) is 1. The lowest BCUT2D eigenvalue weighted by Crippen LogP contribution is -2.58. The molecule has 3 aromatic rings. The molecule has 0 radical (unpaired) electrons. The summed E-state index contributed by atoms with van der Waals surface area (Å²) in [5.41, 5.74) is 0.920. The molecule has 1 N–H and O–H groups in total. The second-order valence-corrected chi connectivity index (χ2v) is 8.16. The largest absolute Gasteiger partial charge is 0.350 e.